The molecule has 0 spiro atoms. The fraction of sp³-hybridized carbons (Fsp3) is 0.696. The van der Waals surface area contributed by atoms with Gasteiger partial charge < -0.3 is 15.4 Å². The van der Waals surface area contributed by atoms with E-state index in [4.69, 9.17) is 10.5 Å². The third-order valence-corrected chi connectivity index (χ3v) is 8.07. The predicted molar refractivity (Wildman–Crippen MR) is 112 cm³/mol. The quantitative estimate of drug-likeness (QED) is 0.811. The van der Waals surface area contributed by atoms with E-state index in [2.05, 4.69) is 11.0 Å². The second-order valence-corrected chi connectivity index (χ2v) is 9.58. The maximum absolute atomic E-state index is 11.7. The number of likely N-dealkylation sites (tertiary alicyclic amines) is 1. The monoisotopic (exact) mass is 404 g/mol. The van der Waals surface area contributed by atoms with Gasteiger partial charge in [0.15, 0.2) is 0 Å². The molecule has 1 amide bonds. The number of rotatable bonds is 5. The number of halogens is 1. The van der Waals surface area contributed by atoms with Gasteiger partial charge in [-0.05, 0) is 67.6 Å². The molecule has 3 aliphatic carbocycles. The third kappa shape index (κ3) is 3.28. The van der Waals surface area contributed by atoms with Gasteiger partial charge in [0.05, 0.1) is 0 Å². The molecule has 1 saturated heterocycles. The van der Waals surface area contributed by atoms with Crippen LogP contribution in [0.15, 0.2) is 24.3 Å². The number of primary amides is 1. The van der Waals surface area contributed by atoms with Crippen LogP contribution in [0.3, 0.4) is 0 Å². The highest BCUT2D eigenvalue weighted by Gasteiger charge is 2.54. The van der Waals surface area contributed by atoms with Crippen LogP contribution in [0.5, 0.6) is 0 Å². The first-order valence-corrected chi connectivity index (χ1v) is 10.8. The van der Waals surface area contributed by atoms with Crippen molar-refractivity contribution in [3.05, 3.63) is 35.4 Å². The number of nitrogens with zero attached hydrogens (tertiary/aromatic N) is 1. The Labute approximate surface area is 174 Å². The van der Waals surface area contributed by atoms with Crippen LogP contribution in [0, 0.1) is 29.6 Å². The van der Waals surface area contributed by atoms with E-state index < -0.39 is 0 Å². The highest BCUT2D eigenvalue weighted by atomic mass is 35.5. The number of carbonyl (C=O) groups excluding carboxylic acids is 1. The number of nitrogens with two attached hydrogens (primary N) is 1. The number of carbonyl (C=O) groups is 1. The van der Waals surface area contributed by atoms with Gasteiger partial charge in [0.2, 0.25) is 5.91 Å². The number of ether oxygens (including phenoxy) is 1. The summed E-state index contributed by atoms with van der Waals surface area (Å²) >= 11 is 0. The van der Waals surface area contributed by atoms with Crippen molar-refractivity contribution in [1.82, 2.24) is 4.90 Å². The first-order valence-electron chi connectivity index (χ1n) is 10.8. The summed E-state index contributed by atoms with van der Waals surface area (Å²) in [5.74, 6) is 3.68. The Kier molecular flexibility index (Phi) is 5.49. The first-order chi connectivity index (χ1) is 13.1. The molecule has 1 aromatic carbocycles. The van der Waals surface area contributed by atoms with E-state index >= 15 is 0 Å². The summed E-state index contributed by atoms with van der Waals surface area (Å²) in [7, 11) is 1.86. The fourth-order valence-electron chi connectivity index (χ4n) is 6.87. The number of hydrogen-bond donors (Lipinski definition) is 1. The molecule has 0 aromatic heterocycles. The standard InChI is InChI=1S/C23H32N2O2.ClH/c1-27-23(19-5-2-4-16(11-19)22(24)26)20-6-3-7-21(23)14-25(13-20)12-15-8-17-10-18(17)9-15;/h2,4-5,11,15,17-18,20-21H,3,6-10,12-14H2,1H3,(H2,24,26);1H/t15?,17-,18?,20-,21+,23?;/m1./s1. The van der Waals surface area contributed by atoms with Gasteiger partial charge >= 0.3 is 0 Å². The van der Waals surface area contributed by atoms with E-state index in [-0.39, 0.29) is 23.9 Å². The lowest BCUT2D eigenvalue weighted by molar-refractivity contribution is -0.170. The molecule has 1 aromatic rings. The Bertz CT molecular complexity index is 715. The van der Waals surface area contributed by atoms with Gasteiger partial charge in [-0.3, -0.25) is 4.79 Å². The molecule has 1 heterocycles. The smallest absolute Gasteiger partial charge is 0.248 e. The molecular formula is C23H33ClN2O2. The lowest BCUT2D eigenvalue weighted by Crippen LogP contribution is -2.59. The zero-order valence-electron chi connectivity index (χ0n) is 16.8. The normalized spacial score (nSPS) is 39.1. The van der Waals surface area contributed by atoms with Crippen molar-refractivity contribution >= 4 is 18.3 Å². The molecule has 1 aliphatic heterocycles. The maximum Gasteiger partial charge on any atom is 0.248 e. The van der Waals surface area contributed by atoms with Crippen LogP contribution in [-0.4, -0.2) is 37.6 Å². The van der Waals surface area contributed by atoms with Gasteiger partial charge in [-0.25, -0.2) is 0 Å². The Hall–Kier alpha value is -1.10. The summed E-state index contributed by atoms with van der Waals surface area (Å²) in [6.07, 6.45) is 8.14. The van der Waals surface area contributed by atoms with E-state index in [0.717, 1.165) is 36.4 Å². The molecule has 5 rings (SSSR count). The van der Waals surface area contributed by atoms with E-state index in [9.17, 15) is 4.79 Å². The first kappa shape index (κ1) is 20.2. The molecule has 3 unspecified atom stereocenters. The van der Waals surface area contributed by atoms with Gasteiger partial charge in [0, 0.05) is 44.1 Å². The van der Waals surface area contributed by atoms with Gasteiger partial charge in [-0.15, -0.1) is 12.4 Å². The number of benzene rings is 1. The van der Waals surface area contributed by atoms with E-state index in [1.165, 1.54) is 45.1 Å². The van der Waals surface area contributed by atoms with Crippen LogP contribution in [0.25, 0.3) is 0 Å². The summed E-state index contributed by atoms with van der Waals surface area (Å²) in [6, 6.07) is 7.90. The van der Waals surface area contributed by atoms with Crippen molar-refractivity contribution < 1.29 is 9.53 Å². The molecular weight excluding hydrogens is 372 g/mol. The molecule has 4 nitrogen and oxygen atoms in total. The lowest BCUT2D eigenvalue weighted by atomic mass is 9.62. The maximum atomic E-state index is 11.7. The summed E-state index contributed by atoms with van der Waals surface area (Å²) in [5.41, 5.74) is 7.03. The fourth-order valence-corrected chi connectivity index (χ4v) is 6.87. The number of methoxy groups -OCH3 is 1. The van der Waals surface area contributed by atoms with Gasteiger partial charge in [0.25, 0.3) is 0 Å². The molecule has 2 N–H and O–H groups in total. The summed E-state index contributed by atoms with van der Waals surface area (Å²) in [6.45, 7) is 3.52. The number of hydrogen-bond acceptors (Lipinski definition) is 3. The van der Waals surface area contributed by atoms with Crippen LogP contribution < -0.4 is 5.73 Å². The molecule has 154 valence electrons. The average Bonchev–Trinajstić information content (AvgIpc) is 3.27. The summed E-state index contributed by atoms with van der Waals surface area (Å²) in [4.78, 5) is 14.5. The van der Waals surface area contributed by atoms with Crippen molar-refractivity contribution in [2.24, 2.45) is 35.3 Å². The molecule has 5 heteroatoms. The van der Waals surface area contributed by atoms with E-state index in [1.807, 2.05) is 25.3 Å². The van der Waals surface area contributed by atoms with Crippen LogP contribution in [0.4, 0.5) is 0 Å². The minimum absolute atomic E-state index is 0. The molecule has 3 saturated carbocycles. The van der Waals surface area contributed by atoms with Crippen molar-refractivity contribution in [2.75, 3.05) is 26.7 Å². The second kappa shape index (κ2) is 7.62. The Morgan fingerprint density at radius 1 is 1.18 bits per heavy atom. The summed E-state index contributed by atoms with van der Waals surface area (Å²) in [5, 5.41) is 0. The largest absolute Gasteiger partial charge is 0.373 e. The highest BCUT2D eigenvalue weighted by molar-refractivity contribution is 5.92. The zero-order chi connectivity index (χ0) is 18.6. The lowest BCUT2D eigenvalue weighted by Gasteiger charge is -2.55. The summed E-state index contributed by atoms with van der Waals surface area (Å²) < 4.78 is 6.33. The molecule has 6 atom stereocenters. The minimum atomic E-state index is -0.356. The Morgan fingerprint density at radius 3 is 2.46 bits per heavy atom. The van der Waals surface area contributed by atoms with Crippen molar-refractivity contribution in [2.45, 2.75) is 44.1 Å². The van der Waals surface area contributed by atoms with Crippen molar-refractivity contribution in [1.29, 1.82) is 0 Å². The molecule has 0 radical (unpaired) electrons. The average molecular weight is 405 g/mol. The van der Waals surface area contributed by atoms with Crippen LogP contribution in [0.2, 0.25) is 0 Å². The van der Waals surface area contributed by atoms with Gasteiger partial charge in [-0.1, -0.05) is 18.6 Å². The van der Waals surface area contributed by atoms with Gasteiger partial charge in [-0.2, -0.15) is 0 Å². The van der Waals surface area contributed by atoms with Crippen LogP contribution in [-0.2, 0) is 10.3 Å². The third-order valence-electron chi connectivity index (χ3n) is 8.07. The number of piperidine rings is 1. The van der Waals surface area contributed by atoms with Crippen molar-refractivity contribution in [3.63, 3.8) is 0 Å². The number of amides is 1. The Balaban J connectivity index is 0.00000192. The molecule has 28 heavy (non-hydrogen) atoms. The van der Waals surface area contributed by atoms with Crippen molar-refractivity contribution in [3.8, 4) is 0 Å². The second-order valence-electron chi connectivity index (χ2n) is 9.58. The zero-order valence-corrected chi connectivity index (χ0v) is 17.6. The topological polar surface area (TPSA) is 55.6 Å². The van der Waals surface area contributed by atoms with E-state index in [1.54, 1.807) is 0 Å². The Morgan fingerprint density at radius 2 is 1.86 bits per heavy atom. The van der Waals surface area contributed by atoms with E-state index in [0.29, 0.717) is 17.4 Å². The van der Waals surface area contributed by atoms with Crippen LogP contribution >= 0.6 is 12.4 Å². The molecule has 4 fully saturated rings. The molecule has 4 aliphatic rings. The van der Waals surface area contributed by atoms with Crippen LogP contribution in [0.1, 0.15) is 54.4 Å². The molecule has 2 bridgehead atoms. The predicted octanol–water partition coefficient (Wildman–Crippen LogP) is 3.83. The van der Waals surface area contributed by atoms with Gasteiger partial charge in [0.1, 0.15) is 5.60 Å². The SMILES string of the molecule is COC1(c2cccc(C(N)=O)c2)[C@@H]2CCC[C@H]1CN(CC1CC3C[C@H]3C1)C2.Cl. The highest BCUT2D eigenvalue weighted by Crippen LogP contribution is 2.55. The minimum Gasteiger partial charge on any atom is -0.373 e. The number of fused-ring (bicyclic) bond motifs is 3.